The van der Waals surface area contributed by atoms with Crippen LogP contribution in [0.15, 0.2) is 85.1 Å². The van der Waals surface area contributed by atoms with Gasteiger partial charge in [-0.15, -0.1) is 0 Å². The third-order valence-electron chi connectivity index (χ3n) is 5.39. The largest absolute Gasteiger partial charge is 0.220 e. The molecule has 0 aliphatic carbocycles. The summed E-state index contributed by atoms with van der Waals surface area (Å²) in [6, 6.07) is 28.6. The zero-order chi connectivity index (χ0) is 17.7. The lowest BCUT2D eigenvalue weighted by Crippen LogP contribution is -2.30. The topological polar surface area (TPSA) is 3.88 Å². The average molecular weight is 334 g/mol. The van der Waals surface area contributed by atoms with Gasteiger partial charge in [-0.3, -0.25) is 0 Å². The van der Waals surface area contributed by atoms with E-state index in [4.69, 9.17) is 0 Å². The first-order valence-electron chi connectivity index (χ1n) is 9.02. The Labute approximate surface area is 153 Å². The second-order valence-electron chi connectivity index (χ2n) is 7.04. The second kappa shape index (κ2) is 5.67. The number of pyridine rings is 1. The summed E-state index contributed by atoms with van der Waals surface area (Å²) in [6.45, 7) is 2.21. The van der Waals surface area contributed by atoms with Gasteiger partial charge in [-0.25, -0.2) is 4.57 Å². The van der Waals surface area contributed by atoms with Crippen LogP contribution in [0.3, 0.4) is 0 Å². The van der Waals surface area contributed by atoms with Gasteiger partial charge in [-0.1, -0.05) is 60.7 Å². The Kier molecular flexibility index (Phi) is 3.29. The van der Waals surface area contributed by atoms with Crippen molar-refractivity contribution in [2.75, 3.05) is 0 Å². The highest BCUT2D eigenvalue weighted by molar-refractivity contribution is 6.09. The number of hydrogen-bond acceptors (Lipinski definition) is 0. The summed E-state index contributed by atoms with van der Waals surface area (Å²) in [5.41, 5.74) is 3.88. The van der Waals surface area contributed by atoms with Gasteiger partial charge in [0.2, 0.25) is 5.69 Å². The number of aryl methyl sites for hydroxylation is 2. The van der Waals surface area contributed by atoms with Gasteiger partial charge in [0.25, 0.3) is 0 Å². The molecule has 0 aliphatic rings. The molecule has 0 fully saturated rings. The molecule has 0 amide bonds. The summed E-state index contributed by atoms with van der Waals surface area (Å²) in [5.74, 6) is 0. The highest BCUT2D eigenvalue weighted by atomic mass is 14.9. The van der Waals surface area contributed by atoms with Gasteiger partial charge in [0.15, 0.2) is 6.20 Å². The average Bonchev–Trinajstić information content (AvgIpc) is 2.68. The molecule has 0 unspecified atom stereocenters. The van der Waals surface area contributed by atoms with Crippen LogP contribution in [-0.2, 0) is 7.05 Å². The standard InChI is InChI=1S/C25H20N/c1-17-15-20-12-11-18-7-3-5-9-21(18)24(20)16-23(17)25-22-10-6-4-8-19(22)13-14-26(25)2/h3-16H,1-2H3/q+1. The summed E-state index contributed by atoms with van der Waals surface area (Å²) in [7, 11) is 2.13. The van der Waals surface area contributed by atoms with E-state index in [-0.39, 0.29) is 0 Å². The van der Waals surface area contributed by atoms with Gasteiger partial charge in [0.1, 0.15) is 7.05 Å². The van der Waals surface area contributed by atoms with Crippen molar-refractivity contribution in [3.05, 3.63) is 90.6 Å². The Bertz CT molecular complexity index is 1300. The monoisotopic (exact) mass is 334 g/mol. The van der Waals surface area contributed by atoms with E-state index < -0.39 is 0 Å². The SMILES string of the molecule is Cc1cc2ccc3ccccc3c2cc1-c1c2ccccc2cc[n+]1C. The van der Waals surface area contributed by atoms with E-state index in [9.17, 15) is 0 Å². The van der Waals surface area contributed by atoms with Gasteiger partial charge >= 0.3 is 0 Å². The Morgan fingerprint density at radius 2 is 1.27 bits per heavy atom. The third-order valence-corrected chi connectivity index (χ3v) is 5.39. The molecule has 0 saturated heterocycles. The van der Waals surface area contributed by atoms with E-state index in [1.165, 1.54) is 49.1 Å². The molecule has 0 saturated carbocycles. The van der Waals surface area contributed by atoms with Crippen molar-refractivity contribution in [3.63, 3.8) is 0 Å². The minimum atomic E-state index is 1.27. The molecule has 26 heavy (non-hydrogen) atoms. The molecule has 0 N–H and O–H groups in total. The van der Waals surface area contributed by atoms with Gasteiger partial charge < -0.3 is 0 Å². The molecule has 0 radical (unpaired) electrons. The van der Waals surface area contributed by atoms with E-state index >= 15 is 0 Å². The normalized spacial score (nSPS) is 11.5. The maximum atomic E-state index is 2.37. The first-order chi connectivity index (χ1) is 12.7. The summed E-state index contributed by atoms with van der Waals surface area (Å²) in [5, 5.41) is 7.79. The predicted octanol–water partition coefficient (Wildman–Crippen LogP) is 5.95. The number of nitrogens with zero attached hydrogens (tertiary/aromatic N) is 1. The molecule has 0 atom stereocenters. The van der Waals surface area contributed by atoms with Crippen LogP contribution < -0.4 is 4.57 Å². The molecule has 1 heterocycles. The predicted molar refractivity (Wildman–Crippen MR) is 110 cm³/mol. The minimum Gasteiger partial charge on any atom is -0.200 e. The van der Waals surface area contributed by atoms with Gasteiger partial charge in [-0.05, 0) is 51.6 Å². The molecule has 5 aromatic rings. The van der Waals surface area contributed by atoms with Crippen LogP contribution in [0.25, 0.3) is 43.6 Å². The Balaban J connectivity index is 1.92. The highest BCUT2D eigenvalue weighted by Gasteiger charge is 2.18. The number of hydrogen-bond donors (Lipinski definition) is 0. The van der Waals surface area contributed by atoms with Crippen LogP contribution in [0.1, 0.15) is 5.56 Å². The number of aromatic nitrogens is 1. The molecule has 1 nitrogen and oxygen atoms in total. The van der Waals surface area contributed by atoms with Crippen molar-refractivity contribution in [3.8, 4) is 11.3 Å². The fourth-order valence-electron chi connectivity index (χ4n) is 4.07. The fraction of sp³-hybridized carbons (Fsp3) is 0.0800. The van der Waals surface area contributed by atoms with Crippen molar-refractivity contribution in [1.82, 2.24) is 0 Å². The Morgan fingerprint density at radius 1 is 0.615 bits per heavy atom. The molecule has 4 aromatic carbocycles. The van der Waals surface area contributed by atoms with Crippen molar-refractivity contribution in [2.24, 2.45) is 7.05 Å². The first-order valence-corrected chi connectivity index (χ1v) is 9.02. The van der Waals surface area contributed by atoms with Crippen LogP contribution in [0.4, 0.5) is 0 Å². The Morgan fingerprint density at radius 3 is 2.08 bits per heavy atom. The Hall–Kier alpha value is -3.19. The van der Waals surface area contributed by atoms with E-state index in [1.807, 2.05) is 0 Å². The lowest BCUT2D eigenvalue weighted by molar-refractivity contribution is -0.659. The minimum absolute atomic E-state index is 1.27. The summed E-state index contributed by atoms with van der Waals surface area (Å²) >= 11 is 0. The van der Waals surface area contributed by atoms with Crippen molar-refractivity contribution >= 4 is 32.3 Å². The maximum absolute atomic E-state index is 2.37. The maximum Gasteiger partial charge on any atom is 0.220 e. The quantitative estimate of drug-likeness (QED) is 0.263. The molecule has 0 spiro atoms. The highest BCUT2D eigenvalue weighted by Crippen LogP contribution is 2.34. The summed E-state index contributed by atoms with van der Waals surface area (Å²) < 4.78 is 2.24. The number of benzene rings is 4. The fourth-order valence-corrected chi connectivity index (χ4v) is 4.07. The van der Waals surface area contributed by atoms with Crippen LogP contribution in [-0.4, -0.2) is 0 Å². The smallest absolute Gasteiger partial charge is 0.200 e. The van der Waals surface area contributed by atoms with Gasteiger partial charge in [-0.2, -0.15) is 0 Å². The van der Waals surface area contributed by atoms with Crippen molar-refractivity contribution in [2.45, 2.75) is 6.92 Å². The van der Waals surface area contributed by atoms with E-state index in [2.05, 4.69) is 104 Å². The lowest BCUT2D eigenvalue weighted by Gasteiger charge is -2.11. The molecule has 5 rings (SSSR count). The van der Waals surface area contributed by atoms with Crippen LogP contribution >= 0.6 is 0 Å². The third kappa shape index (κ3) is 2.21. The second-order valence-corrected chi connectivity index (χ2v) is 7.04. The van der Waals surface area contributed by atoms with Crippen LogP contribution in [0, 0.1) is 6.92 Å². The molecule has 1 aromatic heterocycles. The molecular formula is C25H20N+. The molecule has 124 valence electrons. The van der Waals surface area contributed by atoms with Crippen molar-refractivity contribution in [1.29, 1.82) is 0 Å². The molecule has 1 heteroatoms. The molecule has 0 bridgehead atoms. The number of rotatable bonds is 1. The zero-order valence-electron chi connectivity index (χ0n) is 15.0. The zero-order valence-corrected chi connectivity index (χ0v) is 15.0. The summed E-state index contributed by atoms with van der Waals surface area (Å²) in [4.78, 5) is 0. The summed E-state index contributed by atoms with van der Waals surface area (Å²) in [6.07, 6.45) is 2.16. The van der Waals surface area contributed by atoms with Crippen LogP contribution in [0.5, 0.6) is 0 Å². The van der Waals surface area contributed by atoms with E-state index in [0.29, 0.717) is 0 Å². The van der Waals surface area contributed by atoms with E-state index in [0.717, 1.165) is 0 Å². The van der Waals surface area contributed by atoms with Crippen LogP contribution in [0.2, 0.25) is 0 Å². The van der Waals surface area contributed by atoms with Crippen molar-refractivity contribution < 1.29 is 4.57 Å². The van der Waals surface area contributed by atoms with E-state index in [1.54, 1.807) is 0 Å². The lowest BCUT2D eigenvalue weighted by atomic mass is 9.93. The van der Waals surface area contributed by atoms with Gasteiger partial charge in [0, 0.05) is 6.07 Å². The first kappa shape index (κ1) is 15.1. The molecule has 0 aliphatic heterocycles. The number of fused-ring (bicyclic) bond motifs is 4. The van der Waals surface area contributed by atoms with Gasteiger partial charge in [0.05, 0.1) is 10.9 Å². The molecular weight excluding hydrogens is 314 g/mol.